The molecule has 0 unspecified atom stereocenters. The van der Waals surface area contributed by atoms with E-state index in [9.17, 15) is 9.59 Å². The Labute approximate surface area is 166 Å². The molecule has 3 rings (SSSR count). The van der Waals surface area contributed by atoms with Crippen molar-refractivity contribution in [2.24, 2.45) is 5.10 Å². The number of hydrogen-bond donors (Lipinski definition) is 2. The molecule has 0 spiro atoms. The molecule has 1 aromatic heterocycles. The summed E-state index contributed by atoms with van der Waals surface area (Å²) < 4.78 is 5.38. The van der Waals surface area contributed by atoms with Gasteiger partial charge in [-0.25, -0.2) is 5.43 Å². The lowest BCUT2D eigenvalue weighted by molar-refractivity contribution is -0.123. The van der Waals surface area contributed by atoms with Crippen LogP contribution in [0.4, 0.5) is 5.69 Å². The fraction of sp³-hybridized carbons (Fsp3) is 0.0952. The zero-order valence-electron chi connectivity index (χ0n) is 15.2. The fourth-order valence-corrected chi connectivity index (χ4v) is 2.95. The minimum absolute atomic E-state index is 0.127. The van der Waals surface area contributed by atoms with E-state index >= 15 is 0 Å². The first-order chi connectivity index (χ1) is 13.6. The molecule has 0 saturated heterocycles. The van der Waals surface area contributed by atoms with Gasteiger partial charge in [0.15, 0.2) is 6.61 Å². The van der Waals surface area contributed by atoms with Gasteiger partial charge in [0, 0.05) is 5.69 Å². The highest BCUT2D eigenvalue weighted by Crippen LogP contribution is 2.15. The maximum absolute atomic E-state index is 12.2. The molecule has 0 aliphatic rings. The van der Waals surface area contributed by atoms with Gasteiger partial charge in [0.1, 0.15) is 5.75 Å². The van der Waals surface area contributed by atoms with E-state index in [-0.39, 0.29) is 18.4 Å². The highest BCUT2D eigenvalue weighted by Gasteiger charge is 2.08. The molecule has 1 heterocycles. The third-order valence-electron chi connectivity index (χ3n) is 3.74. The molecule has 0 fully saturated rings. The first kappa shape index (κ1) is 19.3. The van der Waals surface area contributed by atoms with Crippen LogP contribution in [0, 0.1) is 0 Å². The standard InChI is InChI=1S/C21H19N3O3S/c1-15(23-24-20(25)14-27-18-9-3-2-4-10-18)16-7-5-8-17(13-16)22-21(26)19-11-6-12-28-19/h2-13H,14H2,1H3,(H,22,26)(H,24,25). The van der Waals surface area contributed by atoms with Crippen LogP contribution in [0.25, 0.3) is 0 Å². The summed E-state index contributed by atoms with van der Waals surface area (Å²) >= 11 is 1.38. The number of benzene rings is 2. The van der Waals surface area contributed by atoms with Gasteiger partial charge in [-0.2, -0.15) is 5.10 Å². The van der Waals surface area contributed by atoms with E-state index in [1.54, 1.807) is 37.3 Å². The van der Waals surface area contributed by atoms with Crippen molar-refractivity contribution in [2.75, 3.05) is 11.9 Å². The molecule has 0 radical (unpaired) electrons. The summed E-state index contributed by atoms with van der Waals surface area (Å²) in [6.07, 6.45) is 0. The summed E-state index contributed by atoms with van der Waals surface area (Å²) in [6.45, 7) is 1.65. The van der Waals surface area contributed by atoms with Gasteiger partial charge in [0.2, 0.25) is 0 Å². The van der Waals surface area contributed by atoms with Crippen molar-refractivity contribution in [3.63, 3.8) is 0 Å². The normalized spacial score (nSPS) is 11.0. The molecule has 0 saturated carbocycles. The Morgan fingerprint density at radius 3 is 2.61 bits per heavy atom. The first-order valence-electron chi connectivity index (χ1n) is 8.58. The average Bonchev–Trinajstić information content (AvgIpc) is 3.26. The predicted molar refractivity (Wildman–Crippen MR) is 111 cm³/mol. The van der Waals surface area contributed by atoms with E-state index < -0.39 is 0 Å². The van der Waals surface area contributed by atoms with Gasteiger partial charge in [-0.05, 0) is 48.2 Å². The Morgan fingerprint density at radius 2 is 1.86 bits per heavy atom. The average molecular weight is 393 g/mol. The second-order valence-corrected chi connectivity index (χ2v) is 6.79. The Hall–Kier alpha value is -3.45. The maximum Gasteiger partial charge on any atom is 0.277 e. The van der Waals surface area contributed by atoms with Crippen LogP contribution in [0.1, 0.15) is 22.2 Å². The summed E-state index contributed by atoms with van der Waals surface area (Å²) in [4.78, 5) is 24.7. The zero-order valence-corrected chi connectivity index (χ0v) is 16.0. The SMILES string of the molecule is CC(=NNC(=O)COc1ccccc1)c1cccc(NC(=O)c2cccs2)c1. The van der Waals surface area contributed by atoms with Gasteiger partial charge < -0.3 is 10.1 Å². The predicted octanol–water partition coefficient (Wildman–Crippen LogP) is 3.92. The van der Waals surface area contributed by atoms with Crippen molar-refractivity contribution in [1.82, 2.24) is 5.43 Å². The first-order valence-corrected chi connectivity index (χ1v) is 9.46. The molecule has 6 nitrogen and oxygen atoms in total. The molecule has 0 bridgehead atoms. The molecule has 2 aromatic carbocycles. The van der Waals surface area contributed by atoms with E-state index in [4.69, 9.17) is 4.74 Å². The van der Waals surface area contributed by atoms with E-state index in [1.807, 2.05) is 41.8 Å². The molecule has 142 valence electrons. The number of thiophene rings is 1. The van der Waals surface area contributed by atoms with Gasteiger partial charge in [-0.15, -0.1) is 11.3 Å². The molecule has 2 N–H and O–H groups in total. The number of para-hydroxylation sites is 1. The van der Waals surface area contributed by atoms with Gasteiger partial charge in [0.05, 0.1) is 10.6 Å². The molecular weight excluding hydrogens is 374 g/mol. The fourth-order valence-electron chi connectivity index (χ4n) is 2.33. The number of anilines is 1. The van der Waals surface area contributed by atoms with Crippen LogP contribution in [-0.4, -0.2) is 24.1 Å². The van der Waals surface area contributed by atoms with Crippen LogP contribution < -0.4 is 15.5 Å². The molecule has 0 aliphatic heterocycles. The Balaban J connectivity index is 1.56. The molecule has 0 aliphatic carbocycles. The van der Waals surface area contributed by atoms with Gasteiger partial charge in [-0.1, -0.05) is 36.4 Å². The summed E-state index contributed by atoms with van der Waals surface area (Å²) in [5.74, 6) is 0.103. The van der Waals surface area contributed by atoms with Crippen molar-refractivity contribution in [1.29, 1.82) is 0 Å². The van der Waals surface area contributed by atoms with Crippen molar-refractivity contribution >= 4 is 34.6 Å². The van der Waals surface area contributed by atoms with Crippen LogP contribution in [0.2, 0.25) is 0 Å². The maximum atomic E-state index is 12.2. The Kier molecular flexibility index (Phi) is 6.54. The van der Waals surface area contributed by atoms with Crippen molar-refractivity contribution in [2.45, 2.75) is 6.92 Å². The summed E-state index contributed by atoms with van der Waals surface area (Å²) in [5, 5.41) is 8.81. The number of amides is 2. The van der Waals surface area contributed by atoms with E-state index in [2.05, 4.69) is 15.8 Å². The smallest absolute Gasteiger partial charge is 0.277 e. The number of ether oxygens (including phenoxy) is 1. The monoisotopic (exact) mass is 393 g/mol. The molecule has 0 atom stereocenters. The van der Waals surface area contributed by atoms with Crippen molar-refractivity contribution < 1.29 is 14.3 Å². The Bertz CT molecular complexity index is 970. The second kappa shape index (κ2) is 9.48. The van der Waals surface area contributed by atoms with Crippen LogP contribution in [0.3, 0.4) is 0 Å². The number of nitrogens with one attached hydrogen (secondary N) is 2. The number of carbonyl (C=O) groups excluding carboxylic acids is 2. The highest BCUT2D eigenvalue weighted by atomic mass is 32.1. The van der Waals surface area contributed by atoms with Crippen molar-refractivity contribution in [3.05, 3.63) is 82.6 Å². The molecular formula is C21H19N3O3S. The van der Waals surface area contributed by atoms with Gasteiger partial charge >= 0.3 is 0 Å². The van der Waals surface area contributed by atoms with E-state index in [0.29, 0.717) is 22.0 Å². The van der Waals surface area contributed by atoms with Crippen LogP contribution in [0.15, 0.2) is 77.2 Å². The third-order valence-corrected chi connectivity index (χ3v) is 4.61. The largest absolute Gasteiger partial charge is 0.484 e. The number of carbonyl (C=O) groups is 2. The number of rotatable bonds is 7. The minimum Gasteiger partial charge on any atom is -0.484 e. The summed E-state index contributed by atoms with van der Waals surface area (Å²) in [6, 6.07) is 20.0. The zero-order chi connectivity index (χ0) is 19.8. The molecule has 7 heteroatoms. The molecule has 28 heavy (non-hydrogen) atoms. The van der Waals surface area contributed by atoms with Crippen LogP contribution >= 0.6 is 11.3 Å². The second-order valence-electron chi connectivity index (χ2n) is 5.85. The lowest BCUT2D eigenvalue weighted by Gasteiger charge is -2.08. The van der Waals surface area contributed by atoms with Gasteiger partial charge in [-0.3, -0.25) is 9.59 Å². The van der Waals surface area contributed by atoms with E-state index in [0.717, 1.165) is 5.56 Å². The molecule has 2 amide bonds. The van der Waals surface area contributed by atoms with Crippen molar-refractivity contribution in [3.8, 4) is 5.75 Å². The quantitative estimate of drug-likeness (QED) is 0.472. The van der Waals surface area contributed by atoms with Crippen LogP contribution in [0.5, 0.6) is 5.75 Å². The lowest BCUT2D eigenvalue weighted by atomic mass is 10.1. The minimum atomic E-state index is -0.356. The topological polar surface area (TPSA) is 79.8 Å². The van der Waals surface area contributed by atoms with Gasteiger partial charge in [0.25, 0.3) is 11.8 Å². The van der Waals surface area contributed by atoms with E-state index in [1.165, 1.54) is 11.3 Å². The highest BCUT2D eigenvalue weighted by molar-refractivity contribution is 7.12. The Morgan fingerprint density at radius 1 is 1.04 bits per heavy atom. The number of hydrogen-bond acceptors (Lipinski definition) is 5. The number of nitrogens with zero attached hydrogens (tertiary/aromatic N) is 1. The molecule has 3 aromatic rings. The summed E-state index contributed by atoms with van der Waals surface area (Å²) in [5.41, 5.74) is 4.53. The number of hydrazone groups is 1. The lowest BCUT2D eigenvalue weighted by Crippen LogP contribution is -2.25. The summed E-state index contributed by atoms with van der Waals surface area (Å²) in [7, 11) is 0. The third kappa shape index (κ3) is 5.52. The van der Waals surface area contributed by atoms with Crippen LogP contribution in [-0.2, 0) is 4.79 Å².